The number of likely N-dealkylation sites (N-methyl/N-ethyl adjacent to an activating group) is 1. The molecule has 0 aliphatic heterocycles. The minimum Gasteiger partial charge on any atom is -0.489 e. The molecule has 2 heterocycles. The van der Waals surface area contributed by atoms with Crippen LogP contribution in [-0.2, 0) is 0 Å². The van der Waals surface area contributed by atoms with Crippen molar-refractivity contribution in [3.63, 3.8) is 0 Å². The number of nitrogens with zero attached hydrogens (tertiary/aromatic N) is 4. The summed E-state index contributed by atoms with van der Waals surface area (Å²) in [4.78, 5) is 9.25. The van der Waals surface area contributed by atoms with E-state index in [-0.39, 0.29) is 0 Å². The van der Waals surface area contributed by atoms with Crippen LogP contribution in [0.15, 0.2) is 17.8 Å². The van der Waals surface area contributed by atoms with E-state index in [1.165, 1.54) is 48.6 Å². The van der Waals surface area contributed by atoms with Crippen molar-refractivity contribution >= 4 is 22.4 Å². The van der Waals surface area contributed by atoms with Crippen molar-refractivity contribution in [3.05, 3.63) is 35.0 Å². The fraction of sp³-hybridized carbons (Fsp3) is 0.571. The van der Waals surface area contributed by atoms with Crippen molar-refractivity contribution in [2.24, 2.45) is 11.6 Å². The molecular formula is C21H31N7OS. The van der Waals surface area contributed by atoms with Crippen LogP contribution in [0.3, 0.4) is 0 Å². The zero-order valence-corrected chi connectivity index (χ0v) is 18.5. The highest BCUT2D eigenvalue weighted by Crippen LogP contribution is 2.39. The number of nitrogens with two attached hydrogens (primary N) is 2. The van der Waals surface area contributed by atoms with Crippen LogP contribution in [0, 0.1) is 6.92 Å². The van der Waals surface area contributed by atoms with Gasteiger partial charge in [-0.3, -0.25) is 0 Å². The Morgan fingerprint density at radius 2 is 1.97 bits per heavy atom. The standard InChI is InChI=1S/C21H31N7OS/c1-13-18(29-15-6-4-3-5-7-15)11-10-16(25-13)19(22)17(28(2)23)12-24-21-26-20(27-30-21)14-8-9-14/h10-11,14-15H,3-9,12,22-23H2,1-2H3,(H,24,26,27)/b19-17-. The molecule has 0 saturated heterocycles. The molecule has 0 bridgehead atoms. The minimum atomic E-state index is 0.292. The van der Waals surface area contributed by atoms with Crippen molar-refractivity contribution < 1.29 is 4.74 Å². The molecule has 162 valence electrons. The van der Waals surface area contributed by atoms with E-state index < -0.39 is 0 Å². The Hall–Kier alpha value is -2.39. The molecule has 5 N–H and O–H groups in total. The minimum absolute atomic E-state index is 0.292. The van der Waals surface area contributed by atoms with Gasteiger partial charge < -0.3 is 20.8 Å². The van der Waals surface area contributed by atoms with E-state index in [0.29, 0.717) is 30.0 Å². The molecule has 0 radical (unpaired) electrons. The van der Waals surface area contributed by atoms with Gasteiger partial charge in [0, 0.05) is 24.5 Å². The van der Waals surface area contributed by atoms with Crippen molar-refractivity contribution in [2.45, 2.75) is 63.9 Å². The molecule has 2 saturated carbocycles. The van der Waals surface area contributed by atoms with E-state index in [1.807, 2.05) is 19.1 Å². The first kappa shape index (κ1) is 20.9. The topological polar surface area (TPSA) is 115 Å². The third-order valence-electron chi connectivity index (χ3n) is 5.69. The zero-order chi connectivity index (χ0) is 21.1. The third kappa shape index (κ3) is 5.02. The van der Waals surface area contributed by atoms with Gasteiger partial charge in [-0.1, -0.05) is 6.42 Å². The van der Waals surface area contributed by atoms with E-state index >= 15 is 0 Å². The molecule has 0 atom stereocenters. The van der Waals surface area contributed by atoms with Crippen molar-refractivity contribution in [2.75, 3.05) is 18.9 Å². The van der Waals surface area contributed by atoms with Crippen LogP contribution in [0.25, 0.3) is 5.70 Å². The second-order valence-corrected chi connectivity index (χ2v) is 8.97. The van der Waals surface area contributed by atoms with Gasteiger partial charge in [0.15, 0.2) is 0 Å². The number of nitrogens with one attached hydrogen (secondary N) is 1. The Balaban J connectivity index is 1.46. The first-order valence-electron chi connectivity index (χ1n) is 10.7. The summed E-state index contributed by atoms with van der Waals surface area (Å²) >= 11 is 1.37. The van der Waals surface area contributed by atoms with Gasteiger partial charge in [-0.2, -0.15) is 4.37 Å². The quantitative estimate of drug-likeness (QED) is 0.432. The number of hydrogen-bond acceptors (Lipinski definition) is 9. The SMILES string of the molecule is Cc1nc(/C(N)=C(\CNc2nc(C3CC3)ns2)N(C)N)ccc1OC1CCCCC1. The van der Waals surface area contributed by atoms with Crippen molar-refractivity contribution in [3.8, 4) is 5.75 Å². The number of pyridine rings is 1. The lowest BCUT2D eigenvalue weighted by Crippen LogP contribution is -2.32. The molecule has 8 nitrogen and oxygen atoms in total. The fourth-order valence-electron chi connectivity index (χ4n) is 3.72. The summed E-state index contributed by atoms with van der Waals surface area (Å²) < 4.78 is 10.6. The smallest absolute Gasteiger partial charge is 0.202 e. The van der Waals surface area contributed by atoms with E-state index in [4.69, 9.17) is 16.3 Å². The van der Waals surface area contributed by atoms with Crippen LogP contribution in [0.1, 0.15) is 68.1 Å². The average Bonchev–Trinajstić information content (AvgIpc) is 3.48. The molecule has 2 aromatic heterocycles. The number of hydrogen-bond donors (Lipinski definition) is 3. The van der Waals surface area contributed by atoms with Crippen LogP contribution in [0.2, 0.25) is 0 Å². The molecule has 0 spiro atoms. The first-order chi connectivity index (χ1) is 14.5. The van der Waals surface area contributed by atoms with Gasteiger partial charge in [-0.25, -0.2) is 15.8 Å². The molecule has 2 aromatic rings. The van der Waals surface area contributed by atoms with E-state index in [9.17, 15) is 0 Å². The molecule has 0 unspecified atom stereocenters. The number of aromatic nitrogens is 3. The van der Waals surface area contributed by atoms with Gasteiger partial charge in [0.1, 0.15) is 11.6 Å². The highest BCUT2D eigenvalue weighted by molar-refractivity contribution is 7.09. The zero-order valence-electron chi connectivity index (χ0n) is 17.7. The molecule has 4 rings (SSSR count). The van der Waals surface area contributed by atoms with E-state index in [2.05, 4.69) is 19.7 Å². The van der Waals surface area contributed by atoms with Crippen LogP contribution < -0.4 is 21.6 Å². The maximum atomic E-state index is 6.45. The third-order valence-corrected chi connectivity index (χ3v) is 6.37. The van der Waals surface area contributed by atoms with Gasteiger partial charge in [0.05, 0.1) is 35.4 Å². The summed E-state index contributed by atoms with van der Waals surface area (Å²) in [5.74, 6) is 8.37. The Labute approximate surface area is 181 Å². The average molecular weight is 430 g/mol. The van der Waals surface area contributed by atoms with Crippen molar-refractivity contribution in [1.29, 1.82) is 0 Å². The lowest BCUT2D eigenvalue weighted by Gasteiger charge is -2.24. The lowest BCUT2D eigenvalue weighted by molar-refractivity contribution is 0.153. The second kappa shape index (κ2) is 9.18. The van der Waals surface area contributed by atoms with Gasteiger partial charge in [0.25, 0.3) is 0 Å². The number of hydrazine groups is 1. The molecule has 2 fully saturated rings. The predicted molar refractivity (Wildman–Crippen MR) is 120 cm³/mol. The fourth-order valence-corrected chi connectivity index (χ4v) is 4.36. The van der Waals surface area contributed by atoms with Gasteiger partial charge >= 0.3 is 0 Å². The van der Waals surface area contributed by atoms with E-state index in [1.54, 1.807) is 7.05 Å². The second-order valence-electron chi connectivity index (χ2n) is 8.21. The molecule has 2 aliphatic rings. The monoisotopic (exact) mass is 429 g/mol. The Morgan fingerprint density at radius 3 is 2.63 bits per heavy atom. The maximum Gasteiger partial charge on any atom is 0.202 e. The number of ether oxygens (including phenoxy) is 1. The molecule has 30 heavy (non-hydrogen) atoms. The molecular weight excluding hydrogens is 398 g/mol. The Bertz CT molecular complexity index is 901. The van der Waals surface area contributed by atoms with Crippen LogP contribution >= 0.6 is 11.5 Å². The van der Waals surface area contributed by atoms with E-state index in [0.717, 1.165) is 40.9 Å². The molecule has 0 amide bonds. The summed E-state index contributed by atoms with van der Waals surface area (Å²) in [5.41, 5.74) is 9.26. The Kier molecular flexibility index (Phi) is 6.38. The van der Waals surface area contributed by atoms with Gasteiger partial charge in [-0.15, -0.1) is 0 Å². The molecule has 0 aromatic carbocycles. The molecule has 2 aliphatic carbocycles. The van der Waals surface area contributed by atoms with Crippen LogP contribution in [0.5, 0.6) is 5.75 Å². The number of anilines is 1. The maximum absolute atomic E-state index is 6.45. The summed E-state index contributed by atoms with van der Waals surface area (Å²) in [5, 5.41) is 5.60. The Morgan fingerprint density at radius 1 is 1.20 bits per heavy atom. The normalized spacial score (nSPS) is 18.1. The van der Waals surface area contributed by atoms with Crippen LogP contribution in [0.4, 0.5) is 5.13 Å². The number of rotatable bonds is 8. The predicted octanol–water partition coefficient (Wildman–Crippen LogP) is 3.38. The summed E-state index contributed by atoms with van der Waals surface area (Å²) in [6.07, 6.45) is 8.68. The summed E-state index contributed by atoms with van der Waals surface area (Å²) in [6.45, 7) is 2.40. The lowest BCUT2D eigenvalue weighted by atomic mass is 9.98. The van der Waals surface area contributed by atoms with Gasteiger partial charge in [0.2, 0.25) is 5.13 Å². The largest absolute Gasteiger partial charge is 0.489 e. The van der Waals surface area contributed by atoms with Crippen LogP contribution in [-0.4, -0.2) is 39.0 Å². The highest BCUT2D eigenvalue weighted by atomic mass is 32.1. The number of aryl methyl sites for hydroxylation is 1. The summed E-state index contributed by atoms with van der Waals surface area (Å²) in [7, 11) is 1.77. The van der Waals surface area contributed by atoms with Crippen molar-refractivity contribution in [1.82, 2.24) is 19.4 Å². The molecule has 9 heteroatoms. The van der Waals surface area contributed by atoms with Gasteiger partial charge in [-0.05, 0) is 57.6 Å². The highest BCUT2D eigenvalue weighted by Gasteiger charge is 2.27. The summed E-state index contributed by atoms with van der Waals surface area (Å²) in [6, 6.07) is 3.87. The first-order valence-corrected chi connectivity index (χ1v) is 11.5.